The maximum atomic E-state index is 13.2. The van der Waals surface area contributed by atoms with E-state index < -0.39 is 0 Å². The fourth-order valence-corrected chi connectivity index (χ4v) is 4.33. The summed E-state index contributed by atoms with van der Waals surface area (Å²) in [5, 5.41) is 9.53. The Bertz CT molecular complexity index is 1380. The SMILES string of the molecule is Cc1ccc(Cn2c(=O)c3ccccc3n3c(-c4ccc(C)s4)nnc23)cc1. The lowest BCUT2D eigenvalue weighted by atomic mass is 10.1. The van der Waals surface area contributed by atoms with Crippen LogP contribution in [0, 0.1) is 13.8 Å². The highest BCUT2D eigenvalue weighted by atomic mass is 32.1. The first-order valence-electron chi connectivity index (χ1n) is 9.11. The number of hydrogen-bond donors (Lipinski definition) is 0. The fourth-order valence-electron chi connectivity index (χ4n) is 3.49. The van der Waals surface area contributed by atoms with Crippen LogP contribution in [0.4, 0.5) is 0 Å². The summed E-state index contributed by atoms with van der Waals surface area (Å²) in [6.07, 6.45) is 0. The number of aryl methyl sites for hydroxylation is 2. The Morgan fingerprint density at radius 2 is 1.71 bits per heavy atom. The molecule has 0 amide bonds. The van der Waals surface area contributed by atoms with Crippen molar-refractivity contribution in [2.24, 2.45) is 0 Å². The Hall–Kier alpha value is -3.25. The first-order chi connectivity index (χ1) is 13.6. The second kappa shape index (κ2) is 6.42. The van der Waals surface area contributed by atoms with Crippen LogP contribution in [0.25, 0.3) is 27.4 Å². The minimum absolute atomic E-state index is 0.0509. The molecule has 28 heavy (non-hydrogen) atoms. The zero-order valence-corrected chi connectivity index (χ0v) is 16.4. The van der Waals surface area contributed by atoms with Gasteiger partial charge in [-0.25, -0.2) is 0 Å². The van der Waals surface area contributed by atoms with Crippen molar-refractivity contribution in [3.63, 3.8) is 0 Å². The standard InChI is InChI=1S/C22H18N4OS/c1-14-7-10-16(11-8-14)13-25-21(27)17-5-3-4-6-18(17)26-20(23-24-22(25)26)19-12-9-15(2)28-19/h3-12H,13H2,1-2H3. The molecule has 3 heterocycles. The lowest BCUT2D eigenvalue weighted by Gasteiger charge is -2.11. The van der Waals surface area contributed by atoms with Crippen molar-refractivity contribution in [1.82, 2.24) is 19.2 Å². The van der Waals surface area contributed by atoms with E-state index in [0.29, 0.717) is 17.7 Å². The van der Waals surface area contributed by atoms with Crippen LogP contribution in [0.1, 0.15) is 16.0 Å². The van der Waals surface area contributed by atoms with Gasteiger partial charge in [-0.05, 0) is 43.7 Å². The van der Waals surface area contributed by atoms with Crippen molar-refractivity contribution < 1.29 is 0 Å². The van der Waals surface area contributed by atoms with E-state index in [2.05, 4.69) is 48.3 Å². The van der Waals surface area contributed by atoms with Gasteiger partial charge in [0.25, 0.3) is 5.56 Å². The summed E-state index contributed by atoms with van der Waals surface area (Å²) in [5.41, 5.74) is 3.03. The second-order valence-corrected chi connectivity index (χ2v) is 8.25. The maximum Gasteiger partial charge on any atom is 0.263 e. The Morgan fingerprint density at radius 3 is 2.46 bits per heavy atom. The number of para-hydroxylation sites is 1. The molecule has 0 atom stereocenters. The van der Waals surface area contributed by atoms with E-state index in [9.17, 15) is 4.79 Å². The zero-order chi connectivity index (χ0) is 19.3. The lowest BCUT2D eigenvalue weighted by molar-refractivity contribution is 0.766. The number of thiophene rings is 1. The van der Waals surface area contributed by atoms with Gasteiger partial charge in [0.1, 0.15) is 0 Å². The molecule has 0 fully saturated rings. The Labute approximate surface area is 165 Å². The van der Waals surface area contributed by atoms with E-state index >= 15 is 0 Å². The topological polar surface area (TPSA) is 52.2 Å². The highest BCUT2D eigenvalue weighted by molar-refractivity contribution is 7.15. The third-order valence-corrected chi connectivity index (χ3v) is 5.93. The molecular formula is C22H18N4OS. The number of fused-ring (bicyclic) bond motifs is 3. The fraction of sp³-hybridized carbons (Fsp3) is 0.136. The number of benzene rings is 2. The van der Waals surface area contributed by atoms with E-state index in [1.165, 1.54) is 10.4 Å². The Morgan fingerprint density at radius 1 is 0.929 bits per heavy atom. The predicted molar refractivity (Wildman–Crippen MR) is 113 cm³/mol. The lowest BCUT2D eigenvalue weighted by Crippen LogP contribution is -2.24. The number of nitrogens with zero attached hydrogens (tertiary/aromatic N) is 4. The van der Waals surface area contributed by atoms with Gasteiger partial charge in [-0.2, -0.15) is 0 Å². The minimum atomic E-state index is -0.0509. The van der Waals surface area contributed by atoms with Gasteiger partial charge < -0.3 is 0 Å². The molecule has 0 spiro atoms. The summed E-state index contributed by atoms with van der Waals surface area (Å²) in [4.78, 5) is 15.5. The molecule has 2 aromatic carbocycles. The molecule has 5 nitrogen and oxygen atoms in total. The average molecular weight is 386 g/mol. The molecular weight excluding hydrogens is 368 g/mol. The van der Waals surface area contributed by atoms with Crippen molar-refractivity contribution in [2.75, 3.05) is 0 Å². The summed E-state index contributed by atoms with van der Waals surface area (Å²) in [7, 11) is 0. The van der Waals surface area contributed by atoms with Crippen molar-refractivity contribution in [2.45, 2.75) is 20.4 Å². The van der Waals surface area contributed by atoms with Crippen LogP contribution in [0.3, 0.4) is 0 Å². The molecule has 0 saturated carbocycles. The molecule has 5 rings (SSSR count). The van der Waals surface area contributed by atoms with Crippen LogP contribution in [-0.2, 0) is 6.54 Å². The highest BCUT2D eigenvalue weighted by Crippen LogP contribution is 2.28. The smallest absolute Gasteiger partial charge is 0.263 e. The monoisotopic (exact) mass is 386 g/mol. The summed E-state index contributed by atoms with van der Waals surface area (Å²) in [6, 6.07) is 20.0. The summed E-state index contributed by atoms with van der Waals surface area (Å²) >= 11 is 1.67. The molecule has 0 N–H and O–H groups in total. The first kappa shape index (κ1) is 16.9. The Balaban J connectivity index is 1.82. The Kier molecular flexibility index (Phi) is 3.87. The molecule has 0 aliphatic carbocycles. The molecule has 3 aromatic heterocycles. The zero-order valence-electron chi connectivity index (χ0n) is 15.6. The van der Waals surface area contributed by atoms with Crippen LogP contribution in [0.15, 0.2) is 65.5 Å². The molecule has 0 bridgehead atoms. The van der Waals surface area contributed by atoms with Gasteiger partial charge in [-0.15, -0.1) is 21.5 Å². The third-order valence-electron chi connectivity index (χ3n) is 4.93. The van der Waals surface area contributed by atoms with Crippen LogP contribution in [0.5, 0.6) is 0 Å². The molecule has 5 aromatic rings. The van der Waals surface area contributed by atoms with Crippen molar-refractivity contribution in [3.05, 3.63) is 87.0 Å². The molecule has 138 valence electrons. The molecule has 0 unspecified atom stereocenters. The first-order valence-corrected chi connectivity index (χ1v) is 9.92. The quantitative estimate of drug-likeness (QED) is 0.461. The van der Waals surface area contributed by atoms with E-state index in [4.69, 9.17) is 0 Å². The third kappa shape index (κ3) is 2.65. The van der Waals surface area contributed by atoms with Crippen LogP contribution >= 0.6 is 11.3 Å². The van der Waals surface area contributed by atoms with Gasteiger partial charge in [0.05, 0.1) is 22.3 Å². The van der Waals surface area contributed by atoms with E-state index in [1.54, 1.807) is 15.9 Å². The second-order valence-electron chi connectivity index (χ2n) is 6.96. The molecule has 6 heteroatoms. The summed E-state index contributed by atoms with van der Waals surface area (Å²) < 4.78 is 3.71. The van der Waals surface area contributed by atoms with Gasteiger partial charge in [-0.1, -0.05) is 42.0 Å². The molecule has 0 radical (unpaired) electrons. The number of hydrogen-bond acceptors (Lipinski definition) is 4. The normalized spacial score (nSPS) is 11.5. The number of aromatic nitrogens is 4. The highest BCUT2D eigenvalue weighted by Gasteiger charge is 2.18. The van der Waals surface area contributed by atoms with Crippen LogP contribution < -0.4 is 5.56 Å². The van der Waals surface area contributed by atoms with Gasteiger partial charge in [0.2, 0.25) is 5.78 Å². The summed E-state index contributed by atoms with van der Waals surface area (Å²) in [5.74, 6) is 1.33. The minimum Gasteiger partial charge on any atom is -0.272 e. The molecule has 0 saturated heterocycles. The van der Waals surface area contributed by atoms with Gasteiger partial charge in [0, 0.05) is 4.88 Å². The maximum absolute atomic E-state index is 13.2. The number of rotatable bonds is 3. The molecule has 0 aliphatic rings. The van der Waals surface area contributed by atoms with E-state index in [1.807, 2.05) is 40.8 Å². The predicted octanol–water partition coefficient (Wildman–Crippen LogP) is 4.44. The molecule has 0 aliphatic heterocycles. The van der Waals surface area contributed by atoms with E-state index in [-0.39, 0.29) is 5.56 Å². The van der Waals surface area contributed by atoms with Crippen molar-refractivity contribution in [3.8, 4) is 10.7 Å². The van der Waals surface area contributed by atoms with Crippen molar-refractivity contribution in [1.29, 1.82) is 0 Å². The largest absolute Gasteiger partial charge is 0.272 e. The summed E-state index contributed by atoms with van der Waals surface area (Å²) in [6.45, 7) is 4.58. The van der Waals surface area contributed by atoms with Gasteiger partial charge >= 0.3 is 0 Å². The van der Waals surface area contributed by atoms with Crippen molar-refractivity contribution >= 4 is 28.0 Å². The van der Waals surface area contributed by atoms with Gasteiger partial charge in [0.15, 0.2) is 5.82 Å². The van der Waals surface area contributed by atoms with Crippen LogP contribution in [0.2, 0.25) is 0 Å². The van der Waals surface area contributed by atoms with Gasteiger partial charge in [-0.3, -0.25) is 13.8 Å². The van der Waals surface area contributed by atoms with E-state index in [0.717, 1.165) is 21.8 Å². The van der Waals surface area contributed by atoms with Crippen LogP contribution in [-0.4, -0.2) is 19.2 Å². The average Bonchev–Trinajstić information content (AvgIpc) is 3.33.